The first-order valence-electron chi connectivity index (χ1n) is 6.34. The minimum absolute atomic E-state index is 0. The van der Waals surface area contributed by atoms with Crippen molar-refractivity contribution in [2.45, 2.75) is 25.3 Å². The molecule has 0 aliphatic carbocycles. The first-order chi connectivity index (χ1) is 8.81. The summed E-state index contributed by atoms with van der Waals surface area (Å²) in [5.74, 6) is 2.15. The van der Waals surface area contributed by atoms with Gasteiger partial charge in [-0.2, -0.15) is 0 Å². The van der Waals surface area contributed by atoms with E-state index >= 15 is 0 Å². The molecule has 1 atom stereocenters. The van der Waals surface area contributed by atoms with Crippen LogP contribution in [0.4, 0.5) is 0 Å². The SMILES string of the molecule is COc1ccc([C@H]2CCCCN2)c(OC)c1OC.Cl. The zero-order valence-electron chi connectivity index (χ0n) is 11.7. The van der Waals surface area contributed by atoms with E-state index in [2.05, 4.69) is 11.4 Å². The second-order valence-corrected chi connectivity index (χ2v) is 4.43. The van der Waals surface area contributed by atoms with Crippen molar-refractivity contribution < 1.29 is 14.2 Å². The molecule has 0 spiro atoms. The van der Waals surface area contributed by atoms with E-state index in [1.165, 1.54) is 12.8 Å². The maximum absolute atomic E-state index is 5.52. The van der Waals surface area contributed by atoms with Gasteiger partial charge in [0.25, 0.3) is 0 Å². The molecular formula is C14H22ClNO3. The molecule has 19 heavy (non-hydrogen) atoms. The van der Waals surface area contributed by atoms with E-state index in [-0.39, 0.29) is 12.4 Å². The Hall–Kier alpha value is -1.13. The molecular weight excluding hydrogens is 266 g/mol. The van der Waals surface area contributed by atoms with Crippen molar-refractivity contribution >= 4 is 12.4 Å². The number of halogens is 1. The summed E-state index contributed by atoms with van der Waals surface area (Å²) in [4.78, 5) is 0. The number of hydrogen-bond donors (Lipinski definition) is 1. The van der Waals surface area contributed by atoms with Crippen LogP contribution in [0.3, 0.4) is 0 Å². The summed E-state index contributed by atoms with van der Waals surface area (Å²) in [5, 5.41) is 3.52. The average molecular weight is 288 g/mol. The zero-order valence-corrected chi connectivity index (χ0v) is 12.5. The summed E-state index contributed by atoms with van der Waals surface area (Å²) >= 11 is 0. The third kappa shape index (κ3) is 3.25. The van der Waals surface area contributed by atoms with Gasteiger partial charge in [0.15, 0.2) is 11.5 Å². The lowest BCUT2D eigenvalue weighted by Crippen LogP contribution is -2.27. The Labute approximate surface area is 120 Å². The largest absolute Gasteiger partial charge is 0.493 e. The highest BCUT2D eigenvalue weighted by atomic mass is 35.5. The molecule has 1 aliphatic heterocycles. The van der Waals surface area contributed by atoms with E-state index in [0.717, 1.165) is 24.3 Å². The van der Waals surface area contributed by atoms with E-state index in [0.29, 0.717) is 17.5 Å². The summed E-state index contributed by atoms with van der Waals surface area (Å²) in [7, 11) is 4.94. The molecule has 2 rings (SSSR count). The molecule has 108 valence electrons. The van der Waals surface area contributed by atoms with Crippen molar-refractivity contribution in [3.05, 3.63) is 17.7 Å². The van der Waals surface area contributed by atoms with Crippen LogP contribution in [0, 0.1) is 0 Å². The summed E-state index contributed by atoms with van der Waals surface area (Å²) in [6.45, 7) is 1.06. The van der Waals surface area contributed by atoms with Crippen LogP contribution in [-0.4, -0.2) is 27.9 Å². The van der Waals surface area contributed by atoms with Crippen LogP contribution in [-0.2, 0) is 0 Å². The predicted molar refractivity (Wildman–Crippen MR) is 77.9 cm³/mol. The monoisotopic (exact) mass is 287 g/mol. The highest BCUT2D eigenvalue weighted by Crippen LogP contribution is 2.43. The number of piperidine rings is 1. The van der Waals surface area contributed by atoms with Crippen molar-refractivity contribution in [3.63, 3.8) is 0 Å². The number of ether oxygens (including phenoxy) is 3. The second kappa shape index (κ2) is 7.46. The Morgan fingerprint density at radius 2 is 1.74 bits per heavy atom. The lowest BCUT2D eigenvalue weighted by molar-refractivity contribution is 0.315. The molecule has 0 saturated carbocycles. The Morgan fingerprint density at radius 3 is 2.26 bits per heavy atom. The maximum atomic E-state index is 5.52. The maximum Gasteiger partial charge on any atom is 0.203 e. The fraction of sp³-hybridized carbons (Fsp3) is 0.571. The minimum Gasteiger partial charge on any atom is -0.493 e. The quantitative estimate of drug-likeness (QED) is 0.924. The molecule has 0 bridgehead atoms. The van der Waals surface area contributed by atoms with Crippen molar-refractivity contribution in [1.29, 1.82) is 0 Å². The van der Waals surface area contributed by atoms with Crippen LogP contribution in [0.1, 0.15) is 30.9 Å². The van der Waals surface area contributed by atoms with Gasteiger partial charge in [-0.15, -0.1) is 12.4 Å². The summed E-state index contributed by atoms with van der Waals surface area (Å²) in [6, 6.07) is 4.34. The van der Waals surface area contributed by atoms with Crippen LogP contribution < -0.4 is 19.5 Å². The molecule has 4 nitrogen and oxygen atoms in total. The van der Waals surface area contributed by atoms with E-state index in [1.807, 2.05) is 6.07 Å². The van der Waals surface area contributed by atoms with E-state index in [4.69, 9.17) is 14.2 Å². The van der Waals surface area contributed by atoms with Crippen molar-refractivity contribution in [3.8, 4) is 17.2 Å². The van der Waals surface area contributed by atoms with E-state index in [1.54, 1.807) is 21.3 Å². The first kappa shape index (κ1) is 15.9. The molecule has 1 aromatic carbocycles. The van der Waals surface area contributed by atoms with Crippen LogP contribution >= 0.6 is 12.4 Å². The van der Waals surface area contributed by atoms with Gasteiger partial charge in [0.2, 0.25) is 5.75 Å². The Kier molecular flexibility index (Phi) is 6.25. The van der Waals surface area contributed by atoms with Crippen molar-refractivity contribution in [1.82, 2.24) is 5.32 Å². The summed E-state index contributed by atoms with van der Waals surface area (Å²) < 4.78 is 16.2. The average Bonchev–Trinajstić information content (AvgIpc) is 2.46. The zero-order chi connectivity index (χ0) is 13.0. The number of hydrogen-bond acceptors (Lipinski definition) is 4. The second-order valence-electron chi connectivity index (χ2n) is 4.43. The first-order valence-corrected chi connectivity index (χ1v) is 6.34. The molecule has 1 aromatic rings. The molecule has 1 heterocycles. The van der Waals surface area contributed by atoms with Gasteiger partial charge < -0.3 is 19.5 Å². The van der Waals surface area contributed by atoms with Gasteiger partial charge in [0.1, 0.15) is 0 Å². The minimum atomic E-state index is 0. The number of nitrogens with one attached hydrogen (secondary N) is 1. The highest BCUT2D eigenvalue weighted by Gasteiger charge is 2.23. The predicted octanol–water partition coefficient (Wildman–Crippen LogP) is 2.95. The van der Waals surface area contributed by atoms with Crippen LogP contribution in [0.5, 0.6) is 17.2 Å². The molecule has 5 heteroatoms. The molecule has 0 amide bonds. The van der Waals surface area contributed by atoms with E-state index in [9.17, 15) is 0 Å². The molecule has 1 fully saturated rings. The normalized spacial score (nSPS) is 18.4. The van der Waals surface area contributed by atoms with Gasteiger partial charge in [-0.3, -0.25) is 0 Å². The summed E-state index contributed by atoms with van der Waals surface area (Å²) in [6.07, 6.45) is 3.62. The smallest absolute Gasteiger partial charge is 0.203 e. The van der Waals surface area contributed by atoms with Gasteiger partial charge in [-0.1, -0.05) is 6.42 Å². The fourth-order valence-electron chi connectivity index (χ4n) is 2.52. The fourth-order valence-corrected chi connectivity index (χ4v) is 2.52. The van der Waals surface area contributed by atoms with Gasteiger partial charge >= 0.3 is 0 Å². The van der Waals surface area contributed by atoms with E-state index < -0.39 is 0 Å². The molecule has 0 radical (unpaired) electrons. The van der Waals surface area contributed by atoms with Gasteiger partial charge in [-0.05, 0) is 31.5 Å². The van der Waals surface area contributed by atoms with Crippen LogP contribution in [0.15, 0.2) is 12.1 Å². The van der Waals surface area contributed by atoms with Crippen molar-refractivity contribution in [2.75, 3.05) is 27.9 Å². The van der Waals surface area contributed by atoms with Gasteiger partial charge in [0, 0.05) is 11.6 Å². The van der Waals surface area contributed by atoms with Crippen molar-refractivity contribution in [2.24, 2.45) is 0 Å². The molecule has 1 saturated heterocycles. The number of rotatable bonds is 4. The topological polar surface area (TPSA) is 39.7 Å². The molecule has 0 unspecified atom stereocenters. The third-order valence-electron chi connectivity index (χ3n) is 3.42. The lowest BCUT2D eigenvalue weighted by Gasteiger charge is -2.26. The van der Waals surface area contributed by atoms with Gasteiger partial charge in [0.05, 0.1) is 21.3 Å². The highest BCUT2D eigenvalue weighted by molar-refractivity contribution is 5.85. The third-order valence-corrected chi connectivity index (χ3v) is 3.42. The Bertz CT molecular complexity index is 406. The number of benzene rings is 1. The van der Waals surface area contributed by atoms with Crippen LogP contribution in [0.2, 0.25) is 0 Å². The lowest BCUT2D eigenvalue weighted by atomic mass is 9.96. The van der Waals surface area contributed by atoms with Gasteiger partial charge in [-0.25, -0.2) is 0 Å². The standard InChI is InChI=1S/C14H21NO3.ClH/c1-16-12-8-7-10(11-6-4-5-9-15-11)13(17-2)14(12)18-3;/h7-8,11,15H,4-6,9H2,1-3H3;1H/t11-;/m1./s1. The molecule has 0 aromatic heterocycles. The van der Waals surface area contributed by atoms with Crippen LogP contribution in [0.25, 0.3) is 0 Å². The molecule has 1 N–H and O–H groups in total. The number of methoxy groups -OCH3 is 3. The molecule has 1 aliphatic rings. The summed E-state index contributed by atoms with van der Waals surface area (Å²) in [5.41, 5.74) is 1.15. The Balaban J connectivity index is 0.00000180. The Morgan fingerprint density at radius 1 is 1.00 bits per heavy atom.